The Morgan fingerprint density at radius 3 is 2.57 bits per heavy atom. The fourth-order valence-electron chi connectivity index (χ4n) is 5.01. The van der Waals surface area contributed by atoms with Crippen molar-refractivity contribution in [2.24, 2.45) is 0 Å². The van der Waals surface area contributed by atoms with Gasteiger partial charge in [0.15, 0.2) is 0 Å². The Hall–Kier alpha value is -2.37. The van der Waals surface area contributed by atoms with Crippen LogP contribution in [0.3, 0.4) is 0 Å². The molecule has 2 fully saturated rings. The fraction of sp³-hybridized carbons (Fsp3) is 0.480. The van der Waals surface area contributed by atoms with Crippen molar-refractivity contribution >= 4 is 16.7 Å². The van der Waals surface area contributed by atoms with Gasteiger partial charge in [-0.15, -0.1) is 0 Å². The van der Waals surface area contributed by atoms with Gasteiger partial charge < -0.3 is 9.88 Å². The standard InChI is InChI=1S/C25H33N5/c1-20-6-4-9-26-25(20)30-13-5-12-29(14-15-30)18-21-7-8-24-22(16-21)17-23(27-24)19-28-10-2-3-11-28/h4,6-9,16-17,27H,2-3,5,10-15,18-19H2,1H3. The number of aromatic amines is 1. The zero-order valence-electron chi connectivity index (χ0n) is 18.1. The molecule has 158 valence electrons. The van der Waals surface area contributed by atoms with Crippen molar-refractivity contribution in [3.05, 3.63) is 59.4 Å². The van der Waals surface area contributed by atoms with Gasteiger partial charge in [0.1, 0.15) is 5.82 Å². The maximum atomic E-state index is 4.63. The number of nitrogens with zero attached hydrogens (tertiary/aromatic N) is 4. The fourth-order valence-corrected chi connectivity index (χ4v) is 5.01. The second-order valence-corrected chi connectivity index (χ2v) is 8.96. The average molecular weight is 404 g/mol. The minimum Gasteiger partial charge on any atom is -0.357 e. The normalized spacial score (nSPS) is 18.9. The molecule has 0 radical (unpaired) electrons. The van der Waals surface area contributed by atoms with Gasteiger partial charge in [0, 0.05) is 62.1 Å². The molecule has 2 aliphatic rings. The molecule has 2 saturated heterocycles. The highest BCUT2D eigenvalue weighted by molar-refractivity contribution is 5.81. The molecular formula is C25H33N5. The largest absolute Gasteiger partial charge is 0.357 e. The molecule has 3 aromatic rings. The van der Waals surface area contributed by atoms with Crippen LogP contribution in [0.1, 0.15) is 36.1 Å². The van der Waals surface area contributed by atoms with E-state index in [1.165, 1.54) is 60.1 Å². The molecule has 0 atom stereocenters. The molecule has 5 rings (SSSR count). The first-order valence-electron chi connectivity index (χ1n) is 11.5. The molecule has 0 amide bonds. The second-order valence-electron chi connectivity index (χ2n) is 8.96. The lowest BCUT2D eigenvalue weighted by molar-refractivity contribution is 0.285. The topological polar surface area (TPSA) is 38.4 Å². The number of nitrogens with one attached hydrogen (secondary N) is 1. The van der Waals surface area contributed by atoms with Crippen LogP contribution >= 0.6 is 0 Å². The summed E-state index contributed by atoms with van der Waals surface area (Å²) in [7, 11) is 0. The number of benzene rings is 1. The van der Waals surface area contributed by atoms with Crippen LogP contribution in [-0.2, 0) is 13.1 Å². The van der Waals surface area contributed by atoms with Gasteiger partial charge in [-0.25, -0.2) is 4.98 Å². The minimum absolute atomic E-state index is 1.03. The van der Waals surface area contributed by atoms with Crippen molar-refractivity contribution in [2.45, 2.75) is 39.3 Å². The number of hydrogen-bond acceptors (Lipinski definition) is 4. The zero-order valence-corrected chi connectivity index (χ0v) is 18.1. The Kier molecular flexibility index (Phi) is 5.73. The van der Waals surface area contributed by atoms with Crippen LogP contribution < -0.4 is 4.90 Å². The van der Waals surface area contributed by atoms with Crippen molar-refractivity contribution in [2.75, 3.05) is 44.2 Å². The van der Waals surface area contributed by atoms with Crippen LogP contribution in [0.5, 0.6) is 0 Å². The molecule has 0 aliphatic carbocycles. The van der Waals surface area contributed by atoms with Gasteiger partial charge in [-0.1, -0.05) is 12.1 Å². The number of rotatable bonds is 5. The van der Waals surface area contributed by atoms with Crippen molar-refractivity contribution in [1.82, 2.24) is 19.8 Å². The van der Waals surface area contributed by atoms with Crippen LogP contribution in [0.2, 0.25) is 0 Å². The molecule has 30 heavy (non-hydrogen) atoms. The lowest BCUT2D eigenvalue weighted by Gasteiger charge is -2.24. The van der Waals surface area contributed by atoms with Crippen molar-refractivity contribution in [3.63, 3.8) is 0 Å². The molecule has 4 heterocycles. The van der Waals surface area contributed by atoms with Gasteiger partial charge in [0.05, 0.1) is 0 Å². The number of H-pyrrole nitrogens is 1. The molecule has 2 aliphatic heterocycles. The minimum atomic E-state index is 1.03. The summed E-state index contributed by atoms with van der Waals surface area (Å²) in [4.78, 5) is 15.9. The third-order valence-corrected chi connectivity index (χ3v) is 6.61. The van der Waals surface area contributed by atoms with Gasteiger partial charge in [-0.05, 0) is 74.7 Å². The number of anilines is 1. The lowest BCUT2D eigenvalue weighted by Crippen LogP contribution is -2.31. The molecule has 1 aromatic carbocycles. The summed E-state index contributed by atoms with van der Waals surface area (Å²) in [5, 5.41) is 1.35. The first-order chi connectivity index (χ1) is 14.7. The predicted octanol–water partition coefficient (Wildman–Crippen LogP) is 4.18. The van der Waals surface area contributed by atoms with E-state index in [0.29, 0.717) is 0 Å². The number of pyridine rings is 1. The van der Waals surface area contributed by atoms with E-state index in [1.807, 2.05) is 12.3 Å². The number of likely N-dealkylation sites (tertiary alicyclic amines) is 1. The van der Waals surface area contributed by atoms with E-state index in [9.17, 15) is 0 Å². The SMILES string of the molecule is Cc1cccnc1N1CCCN(Cc2ccc3[nH]c(CN4CCCC4)cc3c2)CC1. The maximum absolute atomic E-state index is 4.63. The Morgan fingerprint density at radius 2 is 1.70 bits per heavy atom. The Bertz CT molecular complexity index is 988. The summed E-state index contributed by atoms with van der Waals surface area (Å²) >= 11 is 0. The summed E-state index contributed by atoms with van der Waals surface area (Å²) in [6, 6.07) is 13.5. The second kappa shape index (κ2) is 8.78. The quantitative estimate of drug-likeness (QED) is 0.694. The smallest absolute Gasteiger partial charge is 0.131 e. The molecule has 5 heteroatoms. The van der Waals surface area contributed by atoms with Gasteiger partial charge >= 0.3 is 0 Å². The van der Waals surface area contributed by atoms with Gasteiger partial charge in [0.25, 0.3) is 0 Å². The highest BCUT2D eigenvalue weighted by Crippen LogP contribution is 2.22. The van der Waals surface area contributed by atoms with Crippen LogP contribution in [0.15, 0.2) is 42.6 Å². The summed E-state index contributed by atoms with van der Waals surface area (Å²) in [5.41, 5.74) is 5.30. The van der Waals surface area contributed by atoms with Crippen molar-refractivity contribution in [1.29, 1.82) is 0 Å². The van der Waals surface area contributed by atoms with Crippen LogP contribution in [0, 0.1) is 6.92 Å². The predicted molar refractivity (Wildman–Crippen MR) is 124 cm³/mol. The maximum Gasteiger partial charge on any atom is 0.131 e. The number of aryl methyl sites for hydroxylation is 1. The van der Waals surface area contributed by atoms with Crippen LogP contribution in [0.4, 0.5) is 5.82 Å². The molecule has 5 nitrogen and oxygen atoms in total. The lowest BCUT2D eigenvalue weighted by atomic mass is 10.1. The number of hydrogen-bond donors (Lipinski definition) is 1. The summed E-state index contributed by atoms with van der Waals surface area (Å²) in [6.45, 7) is 11.1. The summed E-state index contributed by atoms with van der Waals surface area (Å²) in [5.74, 6) is 1.15. The molecule has 2 aromatic heterocycles. The van der Waals surface area contributed by atoms with Crippen molar-refractivity contribution in [3.8, 4) is 0 Å². The van der Waals surface area contributed by atoms with Gasteiger partial charge in [-0.3, -0.25) is 9.80 Å². The number of fused-ring (bicyclic) bond motifs is 1. The molecule has 0 saturated carbocycles. The Labute approximate surface area is 179 Å². The third-order valence-electron chi connectivity index (χ3n) is 6.61. The zero-order chi connectivity index (χ0) is 20.3. The molecule has 0 bridgehead atoms. The van der Waals surface area contributed by atoms with E-state index in [4.69, 9.17) is 0 Å². The molecular weight excluding hydrogens is 370 g/mol. The monoisotopic (exact) mass is 403 g/mol. The van der Waals surface area contributed by atoms with E-state index in [-0.39, 0.29) is 0 Å². The number of aromatic nitrogens is 2. The summed E-state index contributed by atoms with van der Waals surface area (Å²) < 4.78 is 0. The van der Waals surface area contributed by atoms with Crippen LogP contribution in [-0.4, -0.2) is 59.0 Å². The Morgan fingerprint density at radius 1 is 0.867 bits per heavy atom. The highest BCUT2D eigenvalue weighted by atomic mass is 15.2. The highest BCUT2D eigenvalue weighted by Gasteiger charge is 2.18. The molecule has 0 spiro atoms. The van der Waals surface area contributed by atoms with Gasteiger partial charge in [-0.2, -0.15) is 0 Å². The van der Waals surface area contributed by atoms with Crippen LogP contribution in [0.25, 0.3) is 10.9 Å². The van der Waals surface area contributed by atoms with E-state index in [1.54, 1.807) is 0 Å². The van der Waals surface area contributed by atoms with E-state index in [2.05, 4.69) is 61.9 Å². The first-order valence-corrected chi connectivity index (χ1v) is 11.5. The third kappa shape index (κ3) is 4.37. The van der Waals surface area contributed by atoms with Gasteiger partial charge in [0.2, 0.25) is 0 Å². The molecule has 1 N–H and O–H groups in total. The summed E-state index contributed by atoms with van der Waals surface area (Å²) in [6.07, 6.45) is 5.78. The first kappa shape index (κ1) is 19.6. The van der Waals surface area contributed by atoms with E-state index in [0.717, 1.165) is 45.1 Å². The Balaban J connectivity index is 1.23. The van der Waals surface area contributed by atoms with E-state index < -0.39 is 0 Å². The van der Waals surface area contributed by atoms with E-state index >= 15 is 0 Å². The molecule has 0 unspecified atom stereocenters. The van der Waals surface area contributed by atoms with Crippen molar-refractivity contribution < 1.29 is 0 Å². The average Bonchev–Trinajstić information content (AvgIpc) is 3.34.